The highest BCUT2D eigenvalue weighted by Gasteiger charge is 2.31. The molecule has 3 rings (SSSR count). The Kier molecular flexibility index (Phi) is 6.78. The van der Waals surface area contributed by atoms with Gasteiger partial charge in [-0.2, -0.15) is 0 Å². The molecule has 1 aliphatic heterocycles. The van der Waals surface area contributed by atoms with Gasteiger partial charge < -0.3 is 25.4 Å². The van der Waals surface area contributed by atoms with Crippen molar-refractivity contribution in [2.45, 2.75) is 18.8 Å². The fourth-order valence-corrected chi connectivity index (χ4v) is 3.43. The molecule has 1 atom stereocenters. The molecule has 0 spiro atoms. The molecule has 0 radical (unpaired) electrons. The van der Waals surface area contributed by atoms with Crippen molar-refractivity contribution in [3.05, 3.63) is 59.8 Å². The third kappa shape index (κ3) is 5.54. The Hall–Kier alpha value is -3.42. The van der Waals surface area contributed by atoms with Crippen molar-refractivity contribution in [3.63, 3.8) is 0 Å². The van der Waals surface area contributed by atoms with Gasteiger partial charge in [-0.25, -0.2) is 4.98 Å². The number of pyridine rings is 1. The summed E-state index contributed by atoms with van der Waals surface area (Å²) in [7, 11) is 0. The normalized spacial score (nSPS) is 15.9. The monoisotopic (exact) mass is 395 g/mol. The van der Waals surface area contributed by atoms with Gasteiger partial charge in [-0.15, -0.1) is 0 Å². The zero-order valence-corrected chi connectivity index (χ0v) is 16.0. The summed E-state index contributed by atoms with van der Waals surface area (Å²) in [4.78, 5) is 42.0. The minimum absolute atomic E-state index is 0.111. The number of carboxylic acids is 1. The quantitative estimate of drug-likeness (QED) is 0.604. The number of anilines is 1. The van der Waals surface area contributed by atoms with Gasteiger partial charge in [-0.3, -0.25) is 9.59 Å². The lowest BCUT2D eigenvalue weighted by atomic mass is 9.91. The lowest BCUT2D eigenvalue weighted by Crippen LogP contribution is -2.44. The predicted molar refractivity (Wildman–Crippen MR) is 105 cm³/mol. The van der Waals surface area contributed by atoms with Crippen LogP contribution in [0.2, 0.25) is 0 Å². The van der Waals surface area contributed by atoms with Crippen LogP contribution in [-0.2, 0) is 20.8 Å². The number of amides is 2. The number of aliphatic carboxylic acids is 1. The topological polar surface area (TPSA) is 114 Å². The van der Waals surface area contributed by atoms with Gasteiger partial charge in [-0.1, -0.05) is 30.3 Å². The zero-order valence-electron chi connectivity index (χ0n) is 16.0. The molecule has 8 heteroatoms. The van der Waals surface area contributed by atoms with Crippen LogP contribution in [0.1, 0.15) is 23.5 Å². The van der Waals surface area contributed by atoms with Crippen LogP contribution in [0.5, 0.6) is 0 Å². The number of benzene rings is 1. The molecule has 1 aromatic carbocycles. The molecule has 2 heterocycles. The van der Waals surface area contributed by atoms with E-state index in [1.54, 1.807) is 18.3 Å². The molecule has 29 heavy (non-hydrogen) atoms. The van der Waals surface area contributed by atoms with Crippen LogP contribution in [-0.4, -0.2) is 53.8 Å². The van der Waals surface area contributed by atoms with E-state index < -0.39 is 18.3 Å². The first-order valence-electron chi connectivity index (χ1n) is 9.52. The Bertz CT molecular complexity index is 872. The smallest absolute Gasteiger partial charge is 0.239 e. The Labute approximate surface area is 168 Å². The Morgan fingerprint density at radius 2 is 1.93 bits per heavy atom. The first kappa shape index (κ1) is 20.3. The number of carbonyl (C=O) groups is 3. The minimum Gasteiger partial charge on any atom is -0.550 e. The number of carbonyl (C=O) groups excluding carboxylic acids is 3. The van der Waals surface area contributed by atoms with E-state index in [-0.39, 0.29) is 18.4 Å². The van der Waals surface area contributed by atoms with Gasteiger partial charge in [-0.05, 0) is 29.7 Å². The van der Waals surface area contributed by atoms with Gasteiger partial charge in [0.2, 0.25) is 11.8 Å². The Balaban J connectivity index is 1.56. The lowest BCUT2D eigenvalue weighted by Gasteiger charge is -2.24. The predicted octanol–water partition coefficient (Wildman–Crippen LogP) is -0.0818. The maximum atomic E-state index is 12.9. The second-order valence-corrected chi connectivity index (χ2v) is 6.83. The Morgan fingerprint density at radius 3 is 2.69 bits per heavy atom. The van der Waals surface area contributed by atoms with Crippen LogP contribution in [0.4, 0.5) is 5.82 Å². The van der Waals surface area contributed by atoms with Crippen LogP contribution >= 0.6 is 0 Å². The maximum Gasteiger partial charge on any atom is 0.239 e. The summed E-state index contributed by atoms with van der Waals surface area (Å²) in [5.74, 6) is -2.06. The number of nitrogens with zero attached hydrogens (tertiary/aromatic N) is 2. The van der Waals surface area contributed by atoms with E-state index in [1.165, 1.54) is 4.90 Å². The van der Waals surface area contributed by atoms with Crippen molar-refractivity contribution in [3.8, 4) is 0 Å². The second-order valence-electron chi connectivity index (χ2n) is 6.83. The van der Waals surface area contributed by atoms with E-state index in [0.717, 1.165) is 5.56 Å². The number of nitrogens with one attached hydrogen (secondary N) is 2. The van der Waals surface area contributed by atoms with Crippen molar-refractivity contribution in [2.24, 2.45) is 0 Å². The number of hydrogen-bond donors (Lipinski definition) is 2. The lowest BCUT2D eigenvalue weighted by molar-refractivity contribution is -0.306. The molecule has 0 bridgehead atoms. The molecule has 2 aromatic rings. The van der Waals surface area contributed by atoms with Gasteiger partial charge in [0.15, 0.2) is 0 Å². The van der Waals surface area contributed by atoms with Crippen molar-refractivity contribution >= 4 is 23.6 Å². The van der Waals surface area contributed by atoms with Crippen LogP contribution in [0.15, 0.2) is 48.7 Å². The molecule has 1 aromatic heterocycles. The van der Waals surface area contributed by atoms with E-state index >= 15 is 0 Å². The fraction of sp³-hybridized carbons (Fsp3) is 0.333. The molecule has 8 nitrogen and oxygen atoms in total. The highest BCUT2D eigenvalue weighted by molar-refractivity contribution is 5.91. The largest absolute Gasteiger partial charge is 0.550 e. The van der Waals surface area contributed by atoms with Crippen LogP contribution in [0.3, 0.4) is 0 Å². The summed E-state index contributed by atoms with van der Waals surface area (Å²) in [5, 5.41) is 17.0. The van der Waals surface area contributed by atoms with Gasteiger partial charge in [0, 0.05) is 38.2 Å². The van der Waals surface area contributed by atoms with Crippen molar-refractivity contribution in [1.29, 1.82) is 0 Å². The third-order valence-corrected chi connectivity index (χ3v) is 4.81. The second kappa shape index (κ2) is 9.68. The molecule has 152 valence electrons. The summed E-state index contributed by atoms with van der Waals surface area (Å²) in [6.45, 7) is 1.12. The summed E-state index contributed by atoms with van der Waals surface area (Å²) in [5.41, 5.74) is 1.62. The van der Waals surface area contributed by atoms with Crippen LogP contribution in [0, 0.1) is 0 Å². The Morgan fingerprint density at radius 1 is 1.14 bits per heavy atom. The molecule has 2 N–H and O–H groups in total. The van der Waals surface area contributed by atoms with E-state index in [9.17, 15) is 19.5 Å². The molecule has 0 saturated heterocycles. The molecule has 0 saturated carbocycles. The van der Waals surface area contributed by atoms with Gasteiger partial charge >= 0.3 is 0 Å². The van der Waals surface area contributed by atoms with E-state index in [4.69, 9.17) is 0 Å². The summed E-state index contributed by atoms with van der Waals surface area (Å²) in [6.07, 6.45) is 1.84. The number of fused-ring (bicyclic) bond motifs is 1. The van der Waals surface area contributed by atoms with Crippen molar-refractivity contribution in [2.75, 3.05) is 31.5 Å². The number of aromatic nitrogens is 1. The summed E-state index contributed by atoms with van der Waals surface area (Å²) < 4.78 is 0. The average molecular weight is 395 g/mol. The van der Waals surface area contributed by atoms with E-state index in [2.05, 4.69) is 15.6 Å². The number of hydrogen-bond acceptors (Lipinski definition) is 6. The summed E-state index contributed by atoms with van der Waals surface area (Å²) in [6, 6.07) is 12.8. The zero-order chi connectivity index (χ0) is 20.6. The minimum atomic E-state index is -1.29. The third-order valence-electron chi connectivity index (χ3n) is 4.81. The van der Waals surface area contributed by atoms with Gasteiger partial charge in [0.25, 0.3) is 0 Å². The van der Waals surface area contributed by atoms with Crippen molar-refractivity contribution < 1.29 is 19.5 Å². The first-order chi connectivity index (χ1) is 14.0. The highest BCUT2D eigenvalue weighted by atomic mass is 16.4. The van der Waals surface area contributed by atoms with E-state index in [0.29, 0.717) is 37.4 Å². The molecule has 1 unspecified atom stereocenters. The number of rotatable bonds is 8. The van der Waals surface area contributed by atoms with Crippen molar-refractivity contribution in [1.82, 2.24) is 15.2 Å². The number of carboxylic acid groups (broad SMARTS) is 1. The molecule has 0 aliphatic carbocycles. The van der Waals surface area contributed by atoms with Crippen LogP contribution < -0.4 is 15.7 Å². The van der Waals surface area contributed by atoms with Crippen LogP contribution in [0.25, 0.3) is 0 Å². The van der Waals surface area contributed by atoms with Gasteiger partial charge in [0.1, 0.15) is 5.82 Å². The molecule has 2 amide bonds. The first-order valence-corrected chi connectivity index (χ1v) is 9.52. The standard InChI is InChI=1S/C21H24N4O4/c26-19(24-11-10-23-18-7-3-4-9-22-18)14-25-12-8-15-5-1-2-6-16(15)17(21(25)29)13-20(27)28/h1-7,9,17H,8,10-14H2,(H,22,23)(H,24,26)(H,27,28)/p-1. The molecule has 0 fully saturated rings. The average Bonchev–Trinajstić information content (AvgIpc) is 2.84. The molecular formula is C21H23N4O4-. The SMILES string of the molecule is O=C([O-])CC1C(=O)N(CC(=O)NCCNc2ccccn2)CCc2ccccc21. The maximum absolute atomic E-state index is 12.9. The molecule has 1 aliphatic rings. The fourth-order valence-electron chi connectivity index (χ4n) is 3.43. The summed E-state index contributed by atoms with van der Waals surface area (Å²) >= 11 is 0. The highest BCUT2D eigenvalue weighted by Crippen LogP contribution is 2.29. The van der Waals surface area contributed by atoms with Gasteiger partial charge in [0.05, 0.1) is 12.5 Å². The van der Waals surface area contributed by atoms with E-state index in [1.807, 2.05) is 30.3 Å². The molecular weight excluding hydrogens is 372 g/mol.